The first-order valence-corrected chi connectivity index (χ1v) is 10.8. The standard InChI is InChI=1S/C24H24N2O2S/c1-2-25(16-18-9-4-3-5-10-18)23(27)15-21(22-13-8-14-29-22)26-17-19-11-6-7-12-20(19)24(26)28/h3-14,21H,2,15-17H2,1H3/t21-/m0/s1. The van der Waals surface area contributed by atoms with Crippen molar-refractivity contribution >= 4 is 23.2 Å². The maximum atomic E-state index is 13.2. The van der Waals surface area contributed by atoms with Crippen molar-refractivity contribution < 1.29 is 9.59 Å². The molecular formula is C24H24N2O2S. The number of rotatable bonds is 7. The number of amides is 2. The van der Waals surface area contributed by atoms with Crippen LogP contribution < -0.4 is 0 Å². The Hall–Kier alpha value is -2.92. The van der Waals surface area contributed by atoms with E-state index >= 15 is 0 Å². The predicted molar refractivity (Wildman–Crippen MR) is 116 cm³/mol. The van der Waals surface area contributed by atoms with E-state index in [0.29, 0.717) is 26.1 Å². The molecule has 1 aromatic heterocycles. The van der Waals surface area contributed by atoms with Crippen LogP contribution in [0.1, 0.15) is 45.7 Å². The van der Waals surface area contributed by atoms with Crippen molar-refractivity contribution in [2.45, 2.75) is 32.5 Å². The number of nitrogens with zero attached hydrogens (tertiary/aromatic N) is 2. The molecule has 1 atom stereocenters. The quantitative estimate of drug-likeness (QED) is 0.563. The molecule has 0 fully saturated rings. The average Bonchev–Trinajstić information content (AvgIpc) is 3.40. The molecule has 2 aromatic carbocycles. The van der Waals surface area contributed by atoms with Crippen molar-refractivity contribution in [3.63, 3.8) is 0 Å². The third-order valence-electron chi connectivity index (χ3n) is 5.42. The number of thiophene rings is 1. The maximum Gasteiger partial charge on any atom is 0.255 e. The summed E-state index contributed by atoms with van der Waals surface area (Å²) >= 11 is 1.60. The van der Waals surface area contributed by atoms with Crippen molar-refractivity contribution in [1.82, 2.24) is 9.80 Å². The Balaban J connectivity index is 1.55. The first-order valence-electron chi connectivity index (χ1n) is 9.91. The van der Waals surface area contributed by atoms with Gasteiger partial charge in [0.15, 0.2) is 0 Å². The summed E-state index contributed by atoms with van der Waals surface area (Å²) < 4.78 is 0. The molecule has 1 aliphatic heterocycles. The van der Waals surface area contributed by atoms with Crippen molar-refractivity contribution in [2.75, 3.05) is 6.54 Å². The number of benzene rings is 2. The van der Waals surface area contributed by atoms with Crippen LogP contribution in [0, 0.1) is 0 Å². The molecule has 148 valence electrons. The maximum absolute atomic E-state index is 13.2. The monoisotopic (exact) mass is 404 g/mol. The zero-order valence-corrected chi connectivity index (χ0v) is 17.3. The minimum Gasteiger partial charge on any atom is -0.339 e. The summed E-state index contributed by atoms with van der Waals surface area (Å²) in [6, 6.07) is 21.5. The molecule has 4 nitrogen and oxygen atoms in total. The number of hydrogen-bond acceptors (Lipinski definition) is 3. The lowest BCUT2D eigenvalue weighted by Crippen LogP contribution is -2.36. The molecule has 29 heavy (non-hydrogen) atoms. The Morgan fingerprint density at radius 1 is 1.07 bits per heavy atom. The lowest BCUT2D eigenvalue weighted by atomic mass is 10.1. The van der Waals surface area contributed by atoms with Crippen molar-refractivity contribution in [3.05, 3.63) is 93.7 Å². The molecule has 0 N–H and O–H groups in total. The van der Waals surface area contributed by atoms with E-state index in [9.17, 15) is 9.59 Å². The zero-order chi connectivity index (χ0) is 20.2. The number of fused-ring (bicyclic) bond motifs is 1. The van der Waals surface area contributed by atoms with E-state index in [4.69, 9.17) is 0 Å². The number of carbonyl (C=O) groups is 2. The van der Waals surface area contributed by atoms with Gasteiger partial charge in [0, 0.05) is 30.1 Å². The van der Waals surface area contributed by atoms with E-state index in [1.807, 2.05) is 88.8 Å². The summed E-state index contributed by atoms with van der Waals surface area (Å²) in [5, 5.41) is 2.00. The SMILES string of the molecule is CCN(Cc1ccccc1)C(=O)C[C@@H](c1cccs1)N1Cc2ccccc2C1=O. The molecule has 0 unspecified atom stereocenters. The minimum absolute atomic E-state index is 0.0120. The molecule has 1 aliphatic rings. The summed E-state index contributed by atoms with van der Waals surface area (Å²) in [4.78, 5) is 31.0. The van der Waals surface area contributed by atoms with Gasteiger partial charge in [-0.1, -0.05) is 54.6 Å². The fourth-order valence-electron chi connectivity index (χ4n) is 3.85. The summed E-state index contributed by atoms with van der Waals surface area (Å²) in [5.74, 6) is 0.0800. The molecule has 0 saturated carbocycles. The second kappa shape index (κ2) is 8.62. The highest BCUT2D eigenvalue weighted by atomic mass is 32.1. The lowest BCUT2D eigenvalue weighted by molar-refractivity contribution is -0.132. The van der Waals surface area contributed by atoms with Crippen molar-refractivity contribution in [2.24, 2.45) is 0 Å². The van der Waals surface area contributed by atoms with Crippen LogP contribution in [-0.2, 0) is 17.9 Å². The summed E-state index contributed by atoms with van der Waals surface area (Å²) in [6.07, 6.45) is 0.293. The molecule has 0 aliphatic carbocycles. The Labute approximate surface area is 175 Å². The smallest absolute Gasteiger partial charge is 0.255 e. The van der Waals surface area contributed by atoms with Gasteiger partial charge in [-0.05, 0) is 35.6 Å². The van der Waals surface area contributed by atoms with Crippen LogP contribution in [0.2, 0.25) is 0 Å². The molecule has 0 bridgehead atoms. The van der Waals surface area contributed by atoms with Gasteiger partial charge in [-0.25, -0.2) is 0 Å². The average molecular weight is 405 g/mol. The van der Waals surface area contributed by atoms with Crippen LogP contribution in [0.4, 0.5) is 0 Å². The Bertz CT molecular complexity index is 985. The molecule has 2 amide bonds. The van der Waals surface area contributed by atoms with Gasteiger partial charge in [-0.15, -0.1) is 11.3 Å². The molecule has 0 radical (unpaired) electrons. The summed E-state index contributed by atoms with van der Waals surface area (Å²) in [7, 11) is 0. The van der Waals surface area contributed by atoms with Gasteiger partial charge in [0.1, 0.15) is 0 Å². The number of hydrogen-bond donors (Lipinski definition) is 0. The van der Waals surface area contributed by atoms with E-state index in [-0.39, 0.29) is 17.9 Å². The van der Waals surface area contributed by atoms with E-state index in [0.717, 1.165) is 21.6 Å². The highest BCUT2D eigenvalue weighted by Crippen LogP contribution is 2.35. The summed E-state index contributed by atoms with van der Waals surface area (Å²) in [6.45, 7) is 3.77. The molecule has 4 rings (SSSR count). The van der Waals surface area contributed by atoms with Crippen LogP contribution in [0.3, 0.4) is 0 Å². The fraction of sp³-hybridized carbons (Fsp3) is 0.250. The normalized spacial score (nSPS) is 14.0. The van der Waals surface area contributed by atoms with Gasteiger partial charge in [0.25, 0.3) is 5.91 Å². The van der Waals surface area contributed by atoms with Gasteiger partial charge in [-0.3, -0.25) is 9.59 Å². The van der Waals surface area contributed by atoms with Gasteiger partial charge < -0.3 is 9.80 Å². The minimum atomic E-state index is -0.243. The Kier molecular flexibility index (Phi) is 5.76. The third-order valence-corrected chi connectivity index (χ3v) is 6.39. The van der Waals surface area contributed by atoms with E-state index < -0.39 is 0 Å². The van der Waals surface area contributed by atoms with Crippen LogP contribution in [0.5, 0.6) is 0 Å². The number of carbonyl (C=O) groups excluding carboxylic acids is 2. The highest BCUT2D eigenvalue weighted by Gasteiger charge is 2.35. The van der Waals surface area contributed by atoms with Crippen LogP contribution >= 0.6 is 11.3 Å². The van der Waals surface area contributed by atoms with Crippen LogP contribution in [0.15, 0.2) is 72.1 Å². The van der Waals surface area contributed by atoms with Gasteiger partial charge in [-0.2, -0.15) is 0 Å². The Morgan fingerprint density at radius 3 is 2.52 bits per heavy atom. The van der Waals surface area contributed by atoms with Crippen molar-refractivity contribution in [1.29, 1.82) is 0 Å². The van der Waals surface area contributed by atoms with Crippen LogP contribution in [0.25, 0.3) is 0 Å². The second-order valence-corrected chi connectivity index (χ2v) is 8.20. The molecule has 5 heteroatoms. The molecular weight excluding hydrogens is 380 g/mol. The molecule has 2 heterocycles. The van der Waals surface area contributed by atoms with Gasteiger partial charge in [0.05, 0.1) is 12.5 Å². The van der Waals surface area contributed by atoms with E-state index in [1.54, 1.807) is 11.3 Å². The van der Waals surface area contributed by atoms with Gasteiger partial charge >= 0.3 is 0 Å². The van der Waals surface area contributed by atoms with Gasteiger partial charge in [0.2, 0.25) is 5.91 Å². The lowest BCUT2D eigenvalue weighted by Gasteiger charge is -2.29. The predicted octanol–water partition coefficient (Wildman–Crippen LogP) is 4.88. The molecule has 0 spiro atoms. The van der Waals surface area contributed by atoms with E-state index in [1.165, 1.54) is 0 Å². The first kappa shape index (κ1) is 19.4. The van der Waals surface area contributed by atoms with Crippen LogP contribution in [-0.4, -0.2) is 28.2 Å². The third kappa shape index (κ3) is 4.10. The Morgan fingerprint density at radius 2 is 1.83 bits per heavy atom. The topological polar surface area (TPSA) is 40.6 Å². The fourth-order valence-corrected chi connectivity index (χ4v) is 4.69. The first-order chi connectivity index (χ1) is 14.2. The molecule has 0 saturated heterocycles. The highest BCUT2D eigenvalue weighted by molar-refractivity contribution is 7.10. The largest absolute Gasteiger partial charge is 0.339 e. The van der Waals surface area contributed by atoms with E-state index in [2.05, 4.69) is 0 Å². The summed E-state index contributed by atoms with van der Waals surface area (Å²) in [5.41, 5.74) is 2.89. The molecule has 3 aromatic rings. The zero-order valence-electron chi connectivity index (χ0n) is 16.5. The second-order valence-electron chi connectivity index (χ2n) is 7.22. The van der Waals surface area contributed by atoms with Crippen molar-refractivity contribution in [3.8, 4) is 0 Å².